The van der Waals surface area contributed by atoms with Gasteiger partial charge in [0.2, 0.25) is 5.13 Å². The van der Waals surface area contributed by atoms with Crippen LogP contribution in [-0.4, -0.2) is 28.2 Å². The highest BCUT2D eigenvalue weighted by Gasteiger charge is 2.15. The molecule has 0 aliphatic carbocycles. The maximum atomic E-state index is 12.4. The Bertz CT molecular complexity index is 833. The molecule has 7 heteroatoms. The van der Waals surface area contributed by atoms with Crippen LogP contribution in [0, 0.1) is 6.92 Å². The molecule has 0 saturated heterocycles. The number of hydrogen-bond donors (Lipinski definition) is 1. The zero-order chi connectivity index (χ0) is 16.2. The zero-order valence-corrected chi connectivity index (χ0v) is 13.4. The highest BCUT2D eigenvalue weighted by atomic mass is 32.1. The molecule has 0 atom stereocenters. The van der Waals surface area contributed by atoms with Crippen LogP contribution in [0.1, 0.15) is 15.9 Å². The number of rotatable bonds is 4. The van der Waals surface area contributed by atoms with Crippen molar-refractivity contribution in [2.75, 3.05) is 12.4 Å². The summed E-state index contributed by atoms with van der Waals surface area (Å²) in [6.07, 6.45) is 1.69. The largest absolute Gasteiger partial charge is 0.496 e. The van der Waals surface area contributed by atoms with Crippen LogP contribution >= 0.6 is 11.3 Å². The van der Waals surface area contributed by atoms with Gasteiger partial charge in [-0.15, -0.1) is 10.2 Å². The van der Waals surface area contributed by atoms with E-state index in [1.54, 1.807) is 25.4 Å². The van der Waals surface area contributed by atoms with Gasteiger partial charge < -0.3 is 4.74 Å². The molecule has 1 N–H and O–H groups in total. The maximum Gasteiger partial charge on any atom is 0.257 e. The van der Waals surface area contributed by atoms with E-state index in [-0.39, 0.29) is 5.91 Å². The smallest absolute Gasteiger partial charge is 0.257 e. The summed E-state index contributed by atoms with van der Waals surface area (Å²) in [7, 11) is 1.58. The first kappa shape index (κ1) is 15.1. The van der Waals surface area contributed by atoms with E-state index >= 15 is 0 Å². The van der Waals surface area contributed by atoms with Crippen molar-refractivity contribution in [3.05, 3.63) is 53.7 Å². The molecule has 1 aromatic carbocycles. The zero-order valence-electron chi connectivity index (χ0n) is 12.6. The number of nitrogens with zero attached hydrogens (tertiary/aromatic N) is 3. The standard InChI is InChI=1S/C16H14N4O2S/c1-10-11(6-5-8-13(10)22-2)14(21)18-16-20-19-15(23-16)12-7-3-4-9-17-12/h3-9H,1-2H3,(H,18,20,21). The molecule has 2 heterocycles. The molecule has 0 spiro atoms. The maximum absolute atomic E-state index is 12.4. The number of benzene rings is 1. The second-order valence-electron chi connectivity index (χ2n) is 4.71. The topological polar surface area (TPSA) is 77.0 Å². The Morgan fingerprint density at radius 2 is 2.04 bits per heavy atom. The van der Waals surface area contributed by atoms with Crippen LogP contribution in [0.2, 0.25) is 0 Å². The van der Waals surface area contributed by atoms with Gasteiger partial charge in [0.1, 0.15) is 11.4 Å². The summed E-state index contributed by atoms with van der Waals surface area (Å²) in [6, 6.07) is 10.9. The number of hydrogen-bond acceptors (Lipinski definition) is 6. The van der Waals surface area contributed by atoms with Crippen LogP contribution in [-0.2, 0) is 0 Å². The molecular weight excluding hydrogens is 312 g/mol. The third-order valence-electron chi connectivity index (χ3n) is 3.28. The van der Waals surface area contributed by atoms with E-state index in [4.69, 9.17) is 4.74 Å². The predicted molar refractivity (Wildman–Crippen MR) is 88.8 cm³/mol. The van der Waals surface area contributed by atoms with E-state index < -0.39 is 0 Å². The SMILES string of the molecule is COc1cccc(C(=O)Nc2nnc(-c3ccccn3)s2)c1C. The van der Waals surface area contributed by atoms with Crippen LogP contribution in [0.3, 0.4) is 0 Å². The third-order valence-corrected chi connectivity index (χ3v) is 4.14. The lowest BCUT2D eigenvalue weighted by Gasteiger charge is -2.09. The number of pyridine rings is 1. The van der Waals surface area contributed by atoms with Gasteiger partial charge in [0.15, 0.2) is 5.01 Å². The normalized spacial score (nSPS) is 10.3. The fraction of sp³-hybridized carbons (Fsp3) is 0.125. The molecule has 0 bridgehead atoms. The molecule has 2 aromatic heterocycles. The molecule has 1 amide bonds. The van der Waals surface area contributed by atoms with E-state index in [9.17, 15) is 4.79 Å². The third kappa shape index (κ3) is 3.19. The molecule has 3 aromatic rings. The van der Waals surface area contributed by atoms with Crippen LogP contribution < -0.4 is 10.1 Å². The molecule has 0 fully saturated rings. The monoisotopic (exact) mass is 326 g/mol. The quantitative estimate of drug-likeness (QED) is 0.797. The van der Waals surface area contributed by atoms with Crippen LogP contribution in [0.4, 0.5) is 5.13 Å². The number of amides is 1. The average molecular weight is 326 g/mol. The van der Waals surface area contributed by atoms with Crippen LogP contribution in [0.5, 0.6) is 5.75 Å². The van der Waals surface area contributed by atoms with Crippen LogP contribution in [0.15, 0.2) is 42.6 Å². The summed E-state index contributed by atoms with van der Waals surface area (Å²) >= 11 is 1.28. The van der Waals surface area contributed by atoms with Crippen molar-refractivity contribution in [3.63, 3.8) is 0 Å². The highest BCUT2D eigenvalue weighted by Crippen LogP contribution is 2.26. The van der Waals surface area contributed by atoms with Crippen molar-refractivity contribution in [1.29, 1.82) is 0 Å². The first-order valence-electron chi connectivity index (χ1n) is 6.89. The van der Waals surface area contributed by atoms with Gasteiger partial charge in [-0.3, -0.25) is 15.1 Å². The molecule has 0 aliphatic heterocycles. The number of carbonyl (C=O) groups excluding carboxylic acids is 1. The number of anilines is 1. The van der Waals surface area contributed by atoms with Gasteiger partial charge in [-0.05, 0) is 31.2 Å². The van der Waals surface area contributed by atoms with Crippen molar-refractivity contribution in [2.45, 2.75) is 6.92 Å². The lowest BCUT2D eigenvalue weighted by atomic mass is 10.1. The molecule has 6 nitrogen and oxygen atoms in total. The molecule has 0 radical (unpaired) electrons. The van der Waals surface area contributed by atoms with Gasteiger partial charge in [0, 0.05) is 17.3 Å². The Kier molecular flexibility index (Phi) is 4.29. The second kappa shape index (κ2) is 6.53. The van der Waals surface area contributed by atoms with Gasteiger partial charge in [-0.25, -0.2) is 0 Å². The Labute approximate surface area is 137 Å². The molecule has 0 saturated carbocycles. The summed E-state index contributed by atoms with van der Waals surface area (Å²) in [5, 5.41) is 11.9. The van der Waals surface area contributed by atoms with Crippen LogP contribution in [0.25, 0.3) is 10.7 Å². The van der Waals surface area contributed by atoms with E-state index in [2.05, 4.69) is 20.5 Å². The van der Waals surface area contributed by atoms with E-state index in [1.807, 2.05) is 31.2 Å². The van der Waals surface area contributed by atoms with E-state index in [1.165, 1.54) is 11.3 Å². The molecule has 0 unspecified atom stereocenters. The van der Waals surface area contributed by atoms with Gasteiger partial charge in [0.25, 0.3) is 5.91 Å². The fourth-order valence-corrected chi connectivity index (χ4v) is 2.83. The highest BCUT2D eigenvalue weighted by molar-refractivity contribution is 7.18. The summed E-state index contributed by atoms with van der Waals surface area (Å²) < 4.78 is 5.23. The van der Waals surface area contributed by atoms with Crippen molar-refractivity contribution >= 4 is 22.4 Å². The molecule has 0 aliphatic rings. The first-order chi connectivity index (χ1) is 11.2. The van der Waals surface area contributed by atoms with Gasteiger partial charge in [-0.2, -0.15) is 0 Å². The summed E-state index contributed by atoms with van der Waals surface area (Å²) in [5.41, 5.74) is 2.05. The summed E-state index contributed by atoms with van der Waals surface area (Å²) in [5.74, 6) is 0.425. The number of ether oxygens (including phenoxy) is 1. The molecule has 23 heavy (non-hydrogen) atoms. The van der Waals surface area contributed by atoms with Gasteiger partial charge in [-0.1, -0.05) is 23.5 Å². The van der Waals surface area contributed by atoms with Crippen molar-refractivity contribution in [1.82, 2.24) is 15.2 Å². The first-order valence-corrected chi connectivity index (χ1v) is 7.70. The molecule has 3 rings (SSSR count). The Hall–Kier alpha value is -2.80. The molecular formula is C16H14N4O2S. The predicted octanol–water partition coefficient (Wildman–Crippen LogP) is 3.17. The van der Waals surface area contributed by atoms with E-state index in [0.29, 0.717) is 21.5 Å². The summed E-state index contributed by atoms with van der Waals surface area (Å²) in [6.45, 7) is 1.84. The number of aromatic nitrogens is 3. The Morgan fingerprint density at radius 1 is 1.17 bits per heavy atom. The van der Waals surface area contributed by atoms with Gasteiger partial charge in [0.05, 0.1) is 7.11 Å². The minimum absolute atomic E-state index is 0.245. The van der Waals surface area contributed by atoms with Crippen molar-refractivity contribution in [2.24, 2.45) is 0 Å². The molecule has 116 valence electrons. The lowest BCUT2D eigenvalue weighted by molar-refractivity contribution is 0.102. The minimum atomic E-state index is -0.245. The Balaban J connectivity index is 1.80. The Morgan fingerprint density at radius 3 is 2.78 bits per heavy atom. The van der Waals surface area contributed by atoms with Gasteiger partial charge >= 0.3 is 0 Å². The number of methoxy groups -OCH3 is 1. The number of carbonyl (C=O) groups is 1. The average Bonchev–Trinajstić information content (AvgIpc) is 3.04. The minimum Gasteiger partial charge on any atom is -0.496 e. The summed E-state index contributed by atoms with van der Waals surface area (Å²) in [4.78, 5) is 16.6. The number of nitrogens with one attached hydrogen (secondary N) is 1. The lowest BCUT2D eigenvalue weighted by Crippen LogP contribution is -2.13. The second-order valence-corrected chi connectivity index (χ2v) is 5.69. The van der Waals surface area contributed by atoms with Crippen molar-refractivity contribution < 1.29 is 9.53 Å². The van der Waals surface area contributed by atoms with E-state index in [0.717, 1.165) is 11.3 Å². The fourth-order valence-electron chi connectivity index (χ4n) is 2.11. The van der Waals surface area contributed by atoms with Crippen molar-refractivity contribution in [3.8, 4) is 16.5 Å².